The molecule has 0 heterocycles. The highest BCUT2D eigenvalue weighted by molar-refractivity contribution is 5.50. The van der Waals surface area contributed by atoms with Gasteiger partial charge in [-0.15, -0.1) is 0 Å². The lowest BCUT2D eigenvalue weighted by molar-refractivity contribution is 0.302. The number of halogens is 5. The molecule has 0 unspecified atom stereocenters. The van der Waals surface area contributed by atoms with Gasteiger partial charge in [-0.2, -0.15) is 0 Å². The maximum Gasteiger partial charge on any atom is 0.190 e. The molecular weight excluding hydrogens is 435 g/mol. The van der Waals surface area contributed by atoms with E-state index in [1.165, 1.54) is 24.3 Å². The molecule has 0 aliphatic rings. The van der Waals surface area contributed by atoms with Gasteiger partial charge in [0.05, 0.1) is 17.7 Å². The third-order valence-corrected chi connectivity index (χ3v) is 4.57. The lowest BCUT2D eigenvalue weighted by atomic mass is 10.1. The monoisotopic (exact) mass is 454 g/mol. The van der Waals surface area contributed by atoms with Gasteiger partial charge in [-0.1, -0.05) is 37.0 Å². The van der Waals surface area contributed by atoms with Crippen LogP contribution in [0.25, 0.3) is 0 Å². The summed E-state index contributed by atoms with van der Waals surface area (Å²) >= 11 is 0. The van der Waals surface area contributed by atoms with Gasteiger partial charge in [-0.05, 0) is 61.4 Å². The predicted molar refractivity (Wildman–Crippen MR) is 116 cm³/mol. The fourth-order valence-corrected chi connectivity index (χ4v) is 3.06. The van der Waals surface area contributed by atoms with E-state index >= 15 is 0 Å². The number of hydrogen-bond acceptors (Lipinski definition) is 1. The molecule has 0 spiro atoms. The zero-order valence-corrected chi connectivity index (χ0v) is 18.0. The Balaban J connectivity index is 1.84. The lowest BCUT2D eigenvalue weighted by Crippen LogP contribution is -1.98. The number of benzene rings is 3. The maximum absolute atomic E-state index is 14.4. The van der Waals surface area contributed by atoms with Crippen LogP contribution in [0.3, 0.4) is 0 Å². The Morgan fingerprint density at radius 1 is 0.667 bits per heavy atom. The molecule has 168 valence electrons. The average molecular weight is 454 g/mol. The molecule has 0 aliphatic heterocycles. The highest BCUT2D eigenvalue weighted by atomic mass is 19.1. The molecular formula is C27H19F5O. The van der Waals surface area contributed by atoms with E-state index in [-0.39, 0.29) is 23.3 Å². The van der Waals surface area contributed by atoms with Crippen molar-refractivity contribution in [3.05, 3.63) is 99.4 Å². The molecule has 0 radical (unpaired) electrons. The molecule has 0 saturated heterocycles. The highest BCUT2D eigenvalue weighted by Gasteiger charge is 2.12. The molecule has 0 bridgehead atoms. The zero-order chi connectivity index (χ0) is 24.0. The summed E-state index contributed by atoms with van der Waals surface area (Å²) in [6.07, 6.45) is 1.30. The first-order chi connectivity index (χ1) is 15.8. The van der Waals surface area contributed by atoms with E-state index < -0.39 is 40.4 Å². The number of hydrogen-bond donors (Lipinski definition) is 0. The quantitative estimate of drug-likeness (QED) is 0.322. The molecule has 33 heavy (non-hydrogen) atoms. The minimum absolute atomic E-state index is 0.00851. The molecule has 3 rings (SSSR count). The van der Waals surface area contributed by atoms with Crippen molar-refractivity contribution in [2.45, 2.75) is 26.7 Å². The fraction of sp³-hybridized carbons (Fsp3) is 0.185. The number of aryl methyl sites for hydroxylation is 1. The SMILES string of the molecule is CCCc1cc(F)c(C#Cc2ccc(C#Cc3cc(F)c(OCC)c(F)c3)c(F)c2)c(F)c1. The zero-order valence-electron chi connectivity index (χ0n) is 18.0. The Labute approximate surface area is 189 Å². The number of rotatable bonds is 4. The molecule has 6 heteroatoms. The molecule has 1 nitrogen and oxygen atoms in total. The van der Waals surface area contributed by atoms with Crippen molar-refractivity contribution in [2.24, 2.45) is 0 Å². The second kappa shape index (κ2) is 10.7. The Bertz CT molecular complexity index is 1260. The molecule has 0 N–H and O–H groups in total. The van der Waals surface area contributed by atoms with Crippen LogP contribution in [0.2, 0.25) is 0 Å². The van der Waals surface area contributed by atoms with Crippen LogP contribution in [0.5, 0.6) is 5.75 Å². The smallest absolute Gasteiger partial charge is 0.190 e. The van der Waals surface area contributed by atoms with Gasteiger partial charge in [0, 0.05) is 11.1 Å². The predicted octanol–water partition coefficient (Wildman–Crippen LogP) is 6.53. The minimum Gasteiger partial charge on any atom is -0.488 e. The van der Waals surface area contributed by atoms with Gasteiger partial charge in [0.1, 0.15) is 17.5 Å². The van der Waals surface area contributed by atoms with Crippen LogP contribution in [-0.4, -0.2) is 6.61 Å². The van der Waals surface area contributed by atoms with Crippen LogP contribution in [0.15, 0.2) is 42.5 Å². The van der Waals surface area contributed by atoms with Crippen LogP contribution in [0, 0.1) is 52.8 Å². The van der Waals surface area contributed by atoms with Gasteiger partial charge >= 0.3 is 0 Å². The normalized spacial score (nSPS) is 10.2. The molecule has 0 saturated carbocycles. The maximum atomic E-state index is 14.4. The Kier molecular flexibility index (Phi) is 7.74. The largest absolute Gasteiger partial charge is 0.488 e. The van der Waals surface area contributed by atoms with E-state index in [0.717, 1.165) is 24.6 Å². The first-order valence-corrected chi connectivity index (χ1v) is 10.3. The molecule has 0 aliphatic carbocycles. The van der Waals surface area contributed by atoms with Crippen LogP contribution >= 0.6 is 0 Å². The summed E-state index contributed by atoms with van der Waals surface area (Å²) in [4.78, 5) is 0. The van der Waals surface area contributed by atoms with Crippen LogP contribution < -0.4 is 4.74 Å². The molecule has 0 fully saturated rings. The fourth-order valence-electron chi connectivity index (χ4n) is 3.06. The van der Waals surface area contributed by atoms with Gasteiger partial charge in [-0.25, -0.2) is 22.0 Å². The standard InChI is InChI=1S/C27H19F5O/c1-3-5-18-13-23(29)21(24(30)14-18)11-8-17-6-9-20(22(28)12-17)10-7-19-15-25(31)27(33-4-2)26(32)16-19/h6,9,12-16H,3-5H2,1-2H3. The third kappa shape index (κ3) is 5.93. The molecule has 0 amide bonds. The van der Waals surface area contributed by atoms with E-state index in [9.17, 15) is 22.0 Å². The first kappa shape index (κ1) is 23.9. The first-order valence-electron chi connectivity index (χ1n) is 10.3. The highest BCUT2D eigenvalue weighted by Crippen LogP contribution is 2.23. The van der Waals surface area contributed by atoms with Gasteiger partial charge in [0.2, 0.25) is 0 Å². The van der Waals surface area contributed by atoms with Crippen molar-refractivity contribution in [1.29, 1.82) is 0 Å². The second-order valence-electron chi connectivity index (χ2n) is 7.08. The summed E-state index contributed by atoms with van der Waals surface area (Å²) in [6.45, 7) is 3.60. The summed E-state index contributed by atoms with van der Waals surface area (Å²) in [5.74, 6) is 5.35. The van der Waals surface area contributed by atoms with E-state index in [1.54, 1.807) is 6.92 Å². The summed E-state index contributed by atoms with van der Waals surface area (Å²) in [7, 11) is 0. The summed E-state index contributed by atoms with van der Waals surface area (Å²) in [6, 6.07) is 8.29. The van der Waals surface area contributed by atoms with Crippen molar-refractivity contribution in [2.75, 3.05) is 6.61 Å². The van der Waals surface area contributed by atoms with Crippen LogP contribution in [0.4, 0.5) is 22.0 Å². The van der Waals surface area contributed by atoms with E-state index in [0.29, 0.717) is 12.0 Å². The minimum atomic E-state index is -0.908. The van der Waals surface area contributed by atoms with Gasteiger partial charge in [-0.3, -0.25) is 0 Å². The van der Waals surface area contributed by atoms with Crippen molar-refractivity contribution < 1.29 is 26.7 Å². The van der Waals surface area contributed by atoms with Gasteiger partial charge in [0.25, 0.3) is 0 Å². The van der Waals surface area contributed by atoms with E-state index in [4.69, 9.17) is 4.74 Å². The summed E-state index contributed by atoms with van der Waals surface area (Å²) in [5.41, 5.74) is 0.316. The van der Waals surface area contributed by atoms with Crippen molar-refractivity contribution >= 4 is 0 Å². The van der Waals surface area contributed by atoms with Crippen LogP contribution in [-0.2, 0) is 6.42 Å². The van der Waals surface area contributed by atoms with Gasteiger partial charge in [0.15, 0.2) is 17.4 Å². The van der Waals surface area contributed by atoms with E-state index in [2.05, 4.69) is 23.7 Å². The Hall–Kier alpha value is -3.77. The number of ether oxygens (including phenoxy) is 1. The van der Waals surface area contributed by atoms with Crippen molar-refractivity contribution in [3.63, 3.8) is 0 Å². The van der Waals surface area contributed by atoms with E-state index in [1.807, 2.05) is 6.92 Å². The molecule has 3 aromatic carbocycles. The van der Waals surface area contributed by atoms with Crippen molar-refractivity contribution in [1.82, 2.24) is 0 Å². The average Bonchev–Trinajstić information content (AvgIpc) is 2.75. The Morgan fingerprint density at radius 2 is 1.27 bits per heavy atom. The van der Waals surface area contributed by atoms with Gasteiger partial charge < -0.3 is 4.74 Å². The molecule has 0 aromatic heterocycles. The molecule has 3 aromatic rings. The topological polar surface area (TPSA) is 9.23 Å². The third-order valence-electron chi connectivity index (χ3n) is 4.57. The summed E-state index contributed by atoms with van der Waals surface area (Å²) < 4.78 is 75.5. The molecule has 0 atom stereocenters. The second-order valence-corrected chi connectivity index (χ2v) is 7.08. The van der Waals surface area contributed by atoms with Crippen molar-refractivity contribution in [3.8, 4) is 29.4 Å². The van der Waals surface area contributed by atoms with Crippen LogP contribution in [0.1, 0.15) is 48.1 Å². The summed E-state index contributed by atoms with van der Waals surface area (Å²) in [5, 5.41) is 0. The lowest BCUT2D eigenvalue weighted by Gasteiger charge is -2.05. The Morgan fingerprint density at radius 3 is 1.85 bits per heavy atom.